The molecule has 0 fully saturated rings. The summed E-state index contributed by atoms with van der Waals surface area (Å²) < 4.78 is 5.73. The van der Waals surface area contributed by atoms with Crippen molar-refractivity contribution in [3.8, 4) is 28.1 Å². The Hall–Kier alpha value is -3.07. The van der Waals surface area contributed by atoms with Crippen LogP contribution in [0.2, 0.25) is 0 Å². The molecule has 3 heterocycles. The second-order valence-electron chi connectivity index (χ2n) is 6.44. The molecule has 2 aromatic heterocycles. The first-order chi connectivity index (χ1) is 12.4. The Balaban J connectivity index is 1.59. The van der Waals surface area contributed by atoms with Gasteiger partial charge in [-0.2, -0.15) is 0 Å². The third kappa shape index (κ3) is 2.49. The van der Waals surface area contributed by atoms with Crippen LogP contribution >= 0.6 is 0 Å². The monoisotopic (exact) mass is 326 g/mol. The molecule has 0 saturated heterocycles. The van der Waals surface area contributed by atoms with E-state index in [9.17, 15) is 0 Å². The molecule has 5 rings (SSSR count). The van der Waals surface area contributed by atoms with Gasteiger partial charge in [-0.05, 0) is 48.2 Å². The van der Waals surface area contributed by atoms with E-state index in [0.717, 1.165) is 47.5 Å². The van der Waals surface area contributed by atoms with Crippen molar-refractivity contribution in [2.45, 2.75) is 12.8 Å². The summed E-state index contributed by atoms with van der Waals surface area (Å²) in [6, 6.07) is 21.0. The summed E-state index contributed by atoms with van der Waals surface area (Å²) in [7, 11) is 0. The fourth-order valence-electron chi connectivity index (χ4n) is 3.54. The first kappa shape index (κ1) is 14.3. The van der Waals surface area contributed by atoms with E-state index in [0.29, 0.717) is 0 Å². The second-order valence-corrected chi connectivity index (χ2v) is 6.44. The number of aryl methyl sites for hydroxylation is 1. The van der Waals surface area contributed by atoms with E-state index in [1.165, 1.54) is 16.7 Å². The molecule has 0 unspecified atom stereocenters. The molecular weight excluding hydrogens is 308 g/mol. The maximum Gasteiger partial charge on any atom is 0.138 e. The van der Waals surface area contributed by atoms with Crippen molar-refractivity contribution in [2.75, 3.05) is 6.61 Å². The molecule has 0 atom stereocenters. The largest absolute Gasteiger partial charge is 0.493 e. The van der Waals surface area contributed by atoms with E-state index in [-0.39, 0.29) is 0 Å². The number of pyridine rings is 1. The maximum absolute atomic E-state index is 5.73. The average molecular weight is 326 g/mol. The number of hydrogen-bond acceptors (Lipinski definition) is 2. The van der Waals surface area contributed by atoms with Crippen LogP contribution in [0.5, 0.6) is 5.75 Å². The Labute approximate surface area is 146 Å². The minimum absolute atomic E-state index is 0.825. The van der Waals surface area contributed by atoms with Crippen molar-refractivity contribution in [3.63, 3.8) is 0 Å². The summed E-state index contributed by atoms with van der Waals surface area (Å²) in [5, 5.41) is 1.15. The number of H-pyrrole nitrogens is 1. The number of rotatable bonds is 2. The molecule has 25 heavy (non-hydrogen) atoms. The van der Waals surface area contributed by atoms with Crippen LogP contribution in [-0.2, 0) is 6.42 Å². The molecule has 3 nitrogen and oxygen atoms in total. The lowest BCUT2D eigenvalue weighted by Crippen LogP contribution is -2.07. The molecule has 4 aromatic rings. The van der Waals surface area contributed by atoms with Crippen LogP contribution in [0.1, 0.15) is 12.0 Å². The van der Waals surface area contributed by atoms with Crippen LogP contribution in [0.4, 0.5) is 0 Å². The van der Waals surface area contributed by atoms with Crippen LogP contribution in [0, 0.1) is 0 Å². The normalized spacial score (nSPS) is 13.4. The molecule has 0 saturated carbocycles. The molecule has 0 spiro atoms. The van der Waals surface area contributed by atoms with Gasteiger partial charge in [0.05, 0.1) is 12.3 Å². The fraction of sp³-hybridized carbons (Fsp3) is 0.136. The molecular formula is C22H18N2O. The number of hydrogen-bond donors (Lipinski definition) is 1. The Morgan fingerprint density at radius 1 is 0.920 bits per heavy atom. The smallest absolute Gasteiger partial charge is 0.138 e. The SMILES string of the molecule is c1ccc(-c2ccc3c(-c4ccc5c(c4)CCCO5)c[nH]c3n2)cc1. The average Bonchev–Trinajstić information content (AvgIpc) is 3.11. The van der Waals surface area contributed by atoms with Crippen molar-refractivity contribution in [1.29, 1.82) is 0 Å². The first-order valence-electron chi connectivity index (χ1n) is 8.68. The zero-order chi connectivity index (χ0) is 16.6. The quantitative estimate of drug-likeness (QED) is 0.548. The molecule has 122 valence electrons. The molecule has 0 bridgehead atoms. The van der Waals surface area contributed by atoms with E-state index < -0.39 is 0 Å². The number of nitrogens with zero attached hydrogens (tertiary/aromatic N) is 1. The summed E-state index contributed by atoms with van der Waals surface area (Å²) in [5.41, 5.74) is 6.74. The van der Waals surface area contributed by atoms with E-state index >= 15 is 0 Å². The molecule has 0 aliphatic carbocycles. The minimum atomic E-state index is 0.825. The molecule has 2 aromatic carbocycles. The number of nitrogens with one attached hydrogen (secondary N) is 1. The van der Waals surface area contributed by atoms with Crippen LogP contribution < -0.4 is 4.74 Å². The molecule has 0 radical (unpaired) electrons. The van der Waals surface area contributed by atoms with Gasteiger partial charge in [-0.15, -0.1) is 0 Å². The molecule has 3 heteroatoms. The highest BCUT2D eigenvalue weighted by Gasteiger charge is 2.14. The summed E-state index contributed by atoms with van der Waals surface area (Å²) in [6.45, 7) is 0.825. The lowest BCUT2D eigenvalue weighted by Gasteiger charge is -2.17. The number of ether oxygens (including phenoxy) is 1. The summed E-state index contributed by atoms with van der Waals surface area (Å²) in [6.07, 6.45) is 4.23. The molecule has 1 aliphatic rings. The zero-order valence-corrected chi connectivity index (χ0v) is 13.8. The van der Waals surface area contributed by atoms with Crippen molar-refractivity contribution in [3.05, 3.63) is 72.4 Å². The highest BCUT2D eigenvalue weighted by atomic mass is 16.5. The van der Waals surface area contributed by atoms with Gasteiger partial charge >= 0.3 is 0 Å². The number of benzene rings is 2. The Morgan fingerprint density at radius 3 is 2.76 bits per heavy atom. The van der Waals surface area contributed by atoms with E-state index in [1.807, 2.05) is 18.2 Å². The van der Waals surface area contributed by atoms with Crippen molar-refractivity contribution >= 4 is 11.0 Å². The third-order valence-electron chi connectivity index (χ3n) is 4.83. The number of fused-ring (bicyclic) bond motifs is 2. The Morgan fingerprint density at radius 2 is 1.84 bits per heavy atom. The van der Waals surface area contributed by atoms with Crippen LogP contribution in [-0.4, -0.2) is 16.6 Å². The Bertz CT molecular complexity index is 1050. The van der Waals surface area contributed by atoms with Crippen LogP contribution in [0.15, 0.2) is 66.9 Å². The summed E-state index contributed by atoms with van der Waals surface area (Å²) in [5.74, 6) is 1.03. The lowest BCUT2D eigenvalue weighted by molar-refractivity contribution is 0.288. The van der Waals surface area contributed by atoms with Gasteiger partial charge in [-0.1, -0.05) is 36.4 Å². The molecule has 1 aliphatic heterocycles. The summed E-state index contributed by atoms with van der Waals surface area (Å²) >= 11 is 0. The lowest BCUT2D eigenvalue weighted by atomic mass is 9.99. The van der Waals surface area contributed by atoms with Gasteiger partial charge < -0.3 is 9.72 Å². The second kappa shape index (κ2) is 5.78. The Kier molecular flexibility index (Phi) is 3.30. The van der Waals surface area contributed by atoms with E-state index in [4.69, 9.17) is 9.72 Å². The molecule has 0 amide bonds. The van der Waals surface area contributed by atoms with Crippen molar-refractivity contribution < 1.29 is 4.74 Å². The van der Waals surface area contributed by atoms with E-state index in [1.54, 1.807) is 0 Å². The van der Waals surface area contributed by atoms with Gasteiger partial charge in [-0.3, -0.25) is 0 Å². The predicted octanol–water partition coefficient (Wildman–Crippen LogP) is 5.22. The van der Waals surface area contributed by atoms with E-state index in [2.05, 4.69) is 53.6 Å². The predicted molar refractivity (Wildman–Crippen MR) is 101 cm³/mol. The van der Waals surface area contributed by atoms with Gasteiger partial charge in [0.15, 0.2) is 0 Å². The van der Waals surface area contributed by atoms with Crippen LogP contribution in [0.25, 0.3) is 33.4 Å². The number of aromatic nitrogens is 2. The number of aromatic amines is 1. The minimum Gasteiger partial charge on any atom is -0.493 e. The highest BCUT2D eigenvalue weighted by Crippen LogP contribution is 2.34. The fourth-order valence-corrected chi connectivity index (χ4v) is 3.54. The third-order valence-corrected chi connectivity index (χ3v) is 4.83. The van der Waals surface area contributed by atoms with Gasteiger partial charge in [0, 0.05) is 22.7 Å². The van der Waals surface area contributed by atoms with Crippen molar-refractivity contribution in [2.24, 2.45) is 0 Å². The zero-order valence-electron chi connectivity index (χ0n) is 13.8. The standard InChI is InChI=1S/C22H18N2O/c1-2-5-15(6-3-1)20-10-9-18-19(14-23-22(18)24-20)16-8-11-21-17(13-16)7-4-12-25-21/h1-3,5-6,8-11,13-14H,4,7,12H2,(H,23,24). The summed E-state index contributed by atoms with van der Waals surface area (Å²) in [4.78, 5) is 8.13. The van der Waals surface area contributed by atoms with Gasteiger partial charge in [0.1, 0.15) is 11.4 Å². The van der Waals surface area contributed by atoms with Gasteiger partial charge in [-0.25, -0.2) is 4.98 Å². The highest BCUT2D eigenvalue weighted by molar-refractivity contribution is 5.94. The molecule has 1 N–H and O–H groups in total. The van der Waals surface area contributed by atoms with Crippen molar-refractivity contribution in [1.82, 2.24) is 9.97 Å². The van der Waals surface area contributed by atoms with Gasteiger partial charge in [0.25, 0.3) is 0 Å². The maximum atomic E-state index is 5.73. The first-order valence-corrected chi connectivity index (χ1v) is 8.68. The van der Waals surface area contributed by atoms with Gasteiger partial charge in [0.2, 0.25) is 0 Å². The topological polar surface area (TPSA) is 37.9 Å². The van der Waals surface area contributed by atoms with Crippen LogP contribution in [0.3, 0.4) is 0 Å².